The first-order chi connectivity index (χ1) is 7.58. The van der Waals surface area contributed by atoms with Gasteiger partial charge in [-0.25, -0.2) is 9.97 Å². The quantitative estimate of drug-likeness (QED) is 0.472. The second kappa shape index (κ2) is 6.45. The van der Waals surface area contributed by atoms with E-state index < -0.39 is 0 Å². The lowest BCUT2D eigenvalue weighted by Gasteiger charge is -2.07. The van der Waals surface area contributed by atoms with Gasteiger partial charge in [-0.05, 0) is 13.8 Å². The molecule has 0 unspecified atom stereocenters. The molecule has 0 aromatic carbocycles. The SMILES string of the molecule is C=C(C)COCCNc1cc(Cl)nc(C)n1. The molecule has 0 radical (unpaired) electrons. The van der Waals surface area contributed by atoms with E-state index in [2.05, 4.69) is 21.9 Å². The Bertz CT molecular complexity index is 348. The molecule has 1 rings (SSSR count). The van der Waals surface area contributed by atoms with Crippen molar-refractivity contribution in [3.05, 3.63) is 29.2 Å². The third kappa shape index (κ3) is 5.09. The Morgan fingerprint density at radius 2 is 2.31 bits per heavy atom. The zero-order valence-corrected chi connectivity index (χ0v) is 10.3. The van der Waals surface area contributed by atoms with Gasteiger partial charge in [-0.3, -0.25) is 0 Å². The summed E-state index contributed by atoms with van der Waals surface area (Å²) in [5.74, 6) is 1.37. The number of ether oxygens (including phenoxy) is 1. The third-order valence-electron chi connectivity index (χ3n) is 1.71. The van der Waals surface area contributed by atoms with Gasteiger partial charge in [0.25, 0.3) is 0 Å². The van der Waals surface area contributed by atoms with Crippen molar-refractivity contribution in [3.8, 4) is 0 Å². The zero-order chi connectivity index (χ0) is 12.0. The fourth-order valence-corrected chi connectivity index (χ4v) is 1.35. The van der Waals surface area contributed by atoms with Gasteiger partial charge in [0.2, 0.25) is 0 Å². The summed E-state index contributed by atoms with van der Waals surface area (Å²) in [4.78, 5) is 8.16. The van der Waals surface area contributed by atoms with E-state index in [4.69, 9.17) is 16.3 Å². The van der Waals surface area contributed by atoms with Crippen LogP contribution in [0, 0.1) is 6.92 Å². The summed E-state index contributed by atoms with van der Waals surface area (Å²) >= 11 is 5.80. The van der Waals surface area contributed by atoms with Crippen LogP contribution in [0.25, 0.3) is 0 Å². The number of aryl methyl sites for hydroxylation is 1. The highest BCUT2D eigenvalue weighted by Gasteiger charge is 1.98. The standard InChI is InChI=1S/C11H16ClN3O/c1-8(2)7-16-5-4-13-11-6-10(12)14-9(3)15-11/h6H,1,4-5,7H2,2-3H3,(H,13,14,15). The van der Waals surface area contributed by atoms with Crippen LogP contribution in [0.5, 0.6) is 0 Å². The normalized spacial score (nSPS) is 10.2. The molecule has 0 saturated carbocycles. The molecule has 5 heteroatoms. The summed E-state index contributed by atoms with van der Waals surface area (Å²) < 4.78 is 5.34. The lowest BCUT2D eigenvalue weighted by Crippen LogP contribution is -2.11. The van der Waals surface area contributed by atoms with Crippen molar-refractivity contribution < 1.29 is 4.74 Å². The van der Waals surface area contributed by atoms with Crippen LogP contribution in [-0.2, 0) is 4.74 Å². The maximum Gasteiger partial charge on any atom is 0.134 e. The molecular formula is C11H16ClN3O. The predicted octanol–water partition coefficient (Wildman–Crippen LogP) is 2.44. The Morgan fingerprint density at radius 3 is 2.94 bits per heavy atom. The minimum absolute atomic E-state index is 0.442. The van der Waals surface area contributed by atoms with E-state index in [1.54, 1.807) is 13.0 Å². The predicted molar refractivity (Wildman–Crippen MR) is 65.9 cm³/mol. The Labute approximate surface area is 101 Å². The van der Waals surface area contributed by atoms with Crippen LogP contribution < -0.4 is 5.32 Å². The number of aromatic nitrogens is 2. The fourth-order valence-electron chi connectivity index (χ4n) is 1.12. The van der Waals surface area contributed by atoms with E-state index in [1.165, 1.54) is 0 Å². The number of hydrogen-bond acceptors (Lipinski definition) is 4. The monoisotopic (exact) mass is 241 g/mol. The molecule has 1 aromatic heterocycles. The van der Waals surface area contributed by atoms with Crippen LogP contribution in [0.4, 0.5) is 5.82 Å². The highest BCUT2D eigenvalue weighted by molar-refractivity contribution is 6.29. The lowest BCUT2D eigenvalue weighted by molar-refractivity contribution is 0.167. The molecule has 1 aromatic rings. The van der Waals surface area contributed by atoms with Crippen molar-refractivity contribution in [1.82, 2.24) is 9.97 Å². The van der Waals surface area contributed by atoms with E-state index >= 15 is 0 Å². The average Bonchev–Trinajstić information content (AvgIpc) is 2.15. The highest BCUT2D eigenvalue weighted by Crippen LogP contribution is 2.10. The minimum Gasteiger partial charge on any atom is -0.375 e. The molecular weight excluding hydrogens is 226 g/mol. The van der Waals surface area contributed by atoms with Gasteiger partial charge in [0.05, 0.1) is 13.2 Å². The van der Waals surface area contributed by atoms with Gasteiger partial charge in [-0.2, -0.15) is 0 Å². The van der Waals surface area contributed by atoms with Crippen molar-refractivity contribution >= 4 is 17.4 Å². The molecule has 0 aliphatic rings. The van der Waals surface area contributed by atoms with Crippen LogP contribution in [-0.4, -0.2) is 29.7 Å². The maximum atomic E-state index is 5.80. The maximum absolute atomic E-state index is 5.80. The third-order valence-corrected chi connectivity index (χ3v) is 1.90. The van der Waals surface area contributed by atoms with Crippen LogP contribution in [0.1, 0.15) is 12.7 Å². The molecule has 1 N–H and O–H groups in total. The molecule has 88 valence electrons. The van der Waals surface area contributed by atoms with Gasteiger partial charge in [0.1, 0.15) is 16.8 Å². The van der Waals surface area contributed by atoms with E-state index in [1.807, 2.05) is 6.92 Å². The Kier molecular flexibility index (Phi) is 5.22. The number of halogens is 1. The highest BCUT2D eigenvalue weighted by atomic mass is 35.5. The number of anilines is 1. The lowest BCUT2D eigenvalue weighted by atomic mass is 10.4. The molecule has 0 saturated heterocycles. The fraction of sp³-hybridized carbons (Fsp3) is 0.455. The first-order valence-electron chi connectivity index (χ1n) is 5.05. The summed E-state index contributed by atoms with van der Waals surface area (Å²) in [6.45, 7) is 9.36. The van der Waals surface area contributed by atoms with Crippen molar-refractivity contribution in [3.63, 3.8) is 0 Å². The molecule has 0 aliphatic carbocycles. The molecule has 4 nitrogen and oxygen atoms in total. The van der Waals surface area contributed by atoms with Crippen LogP contribution >= 0.6 is 11.6 Å². The molecule has 0 spiro atoms. The largest absolute Gasteiger partial charge is 0.375 e. The van der Waals surface area contributed by atoms with Gasteiger partial charge < -0.3 is 10.1 Å². The molecule has 0 aliphatic heterocycles. The van der Waals surface area contributed by atoms with Gasteiger partial charge in [0, 0.05) is 12.6 Å². The van der Waals surface area contributed by atoms with E-state index in [0.29, 0.717) is 30.7 Å². The summed E-state index contributed by atoms with van der Waals surface area (Å²) in [7, 11) is 0. The van der Waals surface area contributed by atoms with Crippen molar-refractivity contribution in [2.24, 2.45) is 0 Å². The van der Waals surface area contributed by atoms with Crippen molar-refractivity contribution in [2.75, 3.05) is 25.1 Å². The summed E-state index contributed by atoms with van der Waals surface area (Å²) in [5, 5.41) is 3.55. The van der Waals surface area contributed by atoms with Gasteiger partial charge in [0.15, 0.2) is 0 Å². The van der Waals surface area contributed by atoms with E-state index in [0.717, 1.165) is 11.4 Å². The van der Waals surface area contributed by atoms with Gasteiger partial charge in [-0.1, -0.05) is 23.8 Å². The second-order valence-corrected chi connectivity index (χ2v) is 3.95. The van der Waals surface area contributed by atoms with Crippen molar-refractivity contribution in [2.45, 2.75) is 13.8 Å². The number of hydrogen-bond donors (Lipinski definition) is 1. The summed E-state index contributed by atoms with van der Waals surface area (Å²) in [6.07, 6.45) is 0. The second-order valence-electron chi connectivity index (χ2n) is 3.56. The molecule has 16 heavy (non-hydrogen) atoms. The topological polar surface area (TPSA) is 47.0 Å². The van der Waals surface area contributed by atoms with Crippen LogP contribution in [0.15, 0.2) is 18.2 Å². The smallest absolute Gasteiger partial charge is 0.134 e. The number of nitrogens with one attached hydrogen (secondary N) is 1. The summed E-state index contributed by atoms with van der Waals surface area (Å²) in [5.41, 5.74) is 1.01. The number of nitrogens with zero attached hydrogens (tertiary/aromatic N) is 2. The zero-order valence-electron chi connectivity index (χ0n) is 9.59. The van der Waals surface area contributed by atoms with Crippen LogP contribution in [0.3, 0.4) is 0 Å². The molecule has 0 amide bonds. The minimum atomic E-state index is 0.442. The molecule has 0 fully saturated rings. The summed E-state index contributed by atoms with van der Waals surface area (Å²) in [6, 6.07) is 1.69. The first-order valence-corrected chi connectivity index (χ1v) is 5.43. The van der Waals surface area contributed by atoms with Gasteiger partial charge in [-0.15, -0.1) is 0 Å². The molecule has 0 atom stereocenters. The van der Waals surface area contributed by atoms with Crippen molar-refractivity contribution in [1.29, 1.82) is 0 Å². The Balaban J connectivity index is 2.29. The molecule has 1 heterocycles. The Morgan fingerprint density at radius 1 is 1.56 bits per heavy atom. The number of rotatable bonds is 6. The van der Waals surface area contributed by atoms with Gasteiger partial charge >= 0.3 is 0 Å². The average molecular weight is 242 g/mol. The Hall–Kier alpha value is -1.13. The van der Waals surface area contributed by atoms with E-state index in [-0.39, 0.29) is 0 Å². The molecule has 0 bridgehead atoms. The van der Waals surface area contributed by atoms with Crippen LogP contribution in [0.2, 0.25) is 5.15 Å². The first kappa shape index (κ1) is 12.9. The van der Waals surface area contributed by atoms with E-state index in [9.17, 15) is 0 Å².